The van der Waals surface area contributed by atoms with E-state index < -0.39 is 5.91 Å². The van der Waals surface area contributed by atoms with Gasteiger partial charge < -0.3 is 0 Å². The van der Waals surface area contributed by atoms with Gasteiger partial charge in [0.1, 0.15) is 0 Å². The van der Waals surface area contributed by atoms with E-state index >= 15 is 0 Å². The van der Waals surface area contributed by atoms with Gasteiger partial charge in [-0.25, -0.2) is 5.84 Å². The lowest BCUT2D eigenvalue weighted by atomic mass is 10.2. The molecule has 0 saturated heterocycles. The van der Waals surface area contributed by atoms with Crippen LogP contribution in [0, 0.1) is 0 Å². The summed E-state index contributed by atoms with van der Waals surface area (Å²) in [6.45, 7) is 1.71. The first kappa shape index (κ1) is 11.0. The van der Waals surface area contributed by atoms with Gasteiger partial charge in [0, 0.05) is 16.8 Å². The zero-order valence-corrected chi connectivity index (χ0v) is 8.08. The normalized spacial score (nSPS) is 11.3. The molecular weight excluding hydrogens is 196 g/mol. The average molecular weight is 206 g/mol. The second kappa shape index (κ2) is 4.94. The Morgan fingerprint density at radius 1 is 1.73 bits per heavy atom. The summed E-state index contributed by atoms with van der Waals surface area (Å²) >= 11 is 0. The Balaban J connectivity index is 2.89. The molecule has 0 aliphatic carbocycles. The van der Waals surface area contributed by atoms with E-state index in [-0.39, 0.29) is 6.04 Å². The SMILES string of the molecule is CC(N=[N+]=[N-])c1ccc(C(=O)NN)cn1. The number of hydrazine groups is 1. The van der Waals surface area contributed by atoms with E-state index in [4.69, 9.17) is 11.4 Å². The van der Waals surface area contributed by atoms with E-state index in [2.05, 4.69) is 15.0 Å². The van der Waals surface area contributed by atoms with Crippen LogP contribution in [0.15, 0.2) is 23.4 Å². The second-order valence-corrected chi connectivity index (χ2v) is 2.83. The number of azide groups is 1. The molecule has 0 fully saturated rings. The van der Waals surface area contributed by atoms with Crippen molar-refractivity contribution in [3.05, 3.63) is 40.0 Å². The number of hydrogen-bond donors (Lipinski definition) is 2. The molecule has 7 heteroatoms. The van der Waals surface area contributed by atoms with Crippen LogP contribution in [0.25, 0.3) is 10.4 Å². The minimum absolute atomic E-state index is 0.356. The highest BCUT2D eigenvalue weighted by molar-refractivity contribution is 5.93. The fourth-order valence-electron chi connectivity index (χ4n) is 1.01. The summed E-state index contributed by atoms with van der Waals surface area (Å²) in [7, 11) is 0. The van der Waals surface area contributed by atoms with Crippen molar-refractivity contribution in [1.29, 1.82) is 0 Å². The summed E-state index contributed by atoms with van der Waals surface area (Å²) in [6.07, 6.45) is 1.38. The maximum Gasteiger partial charge on any atom is 0.266 e. The van der Waals surface area contributed by atoms with Crippen molar-refractivity contribution >= 4 is 5.91 Å². The molecule has 0 bridgehead atoms. The largest absolute Gasteiger partial charge is 0.290 e. The number of carbonyl (C=O) groups is 1. The highest BCUT2D eigenvalue weighted by Gasteiger charge is 2.07. The highest BCUT2D eigenvalue weighted by Crippen LogP contribution is 2.14. The smallest absolute Gasteiger partial charge is 0.266 e. The first-order valence-corrected chi connectivity index (χ1v) is 4.20. The molecule has 0 aliphatic rings. The molecule has 1 heterocycles. The maximum atomic E-state index is 11.1. The number of nitrogens with one attached hydrogen (secondary N) is 1. The monoisotopic (exact) mass is 206 g/mol. The van der Waals surface area contributed by atoms with Crippen LogP contribution in [0.4, 0.5) is 0 Å². The van der Waals surface area contributed by atoms with Crippen LogP contribution in [-0.2, 0) is 0 Å². The van der Waals surface area contributed by atoms with Crippen LogP contribution in [0.2, 0.25) is 0 Å². The quantitative estimate of drug-likeness (QED) is 0.192. The summed E-state index contributed by atoms with van der Waals surface area (Å²) in [5.41, 5.74) is 11.2. The molecule has 1 unspecified atom stereocenters. The first-order chi connectivity index (χ1) is 7.19. The molecule has 1 rings (SSSR count). The number of amides is 1. The Labute approximate surface area is 85.9 Å². The number of pyridine rings is 1. The zero-order valence-electron chi connectivity index (χ0n) is 8.08. The Hall–Kier alpha value is -2.11. The van der Waals surface area contributed by atoms with Gasteiger partial charge in [0.15, 0.2) is 0 Å². The van der Waals surface area contributed by atoms with Gasteiger partial charge in [0.25, 0.3) is 5.91 Å². The minimum atomic E-state index is -0.412. The Morgan fingerprint density at radius 2 is 2.47 bits per heavy atom. The van der Waals surface area contributed by atoms with Crippen LogP contribution in [0.1, 0.15) is 29.0 Å². The van der Waals surface area contributed by atoms with E-state index in [1.807, 2.05) is 5.43 Å². The summed E-state index contributed by atoms with van der Waals surface area (Å²) < 4.78 is 0. The van der Waals surface area contributed by atoms with E-state index in [0.29, 0.717) is 11.3 Å². The molecule has 1 aromatic rings. The molecule has 3 N–H and O–H groups in total. The number of nitrogens with zero attached hydrogens (tertiary/aromatic N) is 4. The van der Waals surface area contributed by atoms with Crippen molar-refractivity contribution < 1.29 is 4.79 Å². The molecule has 0 aliphatic heterocycles. The Kier molecular flexibility index (Phi) is 3.61. The summed E-state index contributed by atoms with van der Waals surface area (Å²) in [5.74, 6) is 4.54. The van der Waals surface area contributed by atoms with Crippen LogP contribution in [0.5, 0.6) is 0 Å². The lowest BCUT2D eigenvalue weighted by Gasteiger charge is -2.04. The number of aromatic nitrogens is 1. The van der Waals surface area contributed by atoms with Gasteiger partial charge in [-0.05, 0) is 17.7 Å². The predicted octanol–water partition coefficient (Wildman–Crippen LogP) is 1.06. The fourth-order valence-corrected chi connectivity index (χ4v) is 1.01. The Bertz CT molecular complexity index is 394. The van der Waals surface area contributed by atoms with E-state index in [1.54, 1.807) is 19.1 Å². The van der Waals surface area contributed by atoms with Crippen molar-refractivity contribution in [2.45, 2.75) is 13.0 Å². The molecule has 0 saturated carbocycles. The van der Waals surface area contributed by atoms with E-state index in [1.165, 1.54) is 6.20 Å². The van der Waals surface area contributed by atoms with Gasteiger partial charge in [-0.3, -0.25) is 15.2 Å². The van der Waals surface area contributed by atoms with Crippen molar-refractivity contribution in [1.82, 2.24) is 10.4 Å². The van der Waals surface area contributed by atoms with E-state index in [9.17, 15) is 4.79 Å². The van der Waals surface area contributed by atoms with Crippen molar-refractivity contribution in [3.8, 4) is 0 Å². The molecule has 78 valence electrons. The van der Waals surface area contributed by atoms with Gasteiger partial charge in [0.2, 0.25) is 0 Å². The number of carbonyl (C=O) groups excluding carboxylic acids is 1. The maximum absolute atomic E-state index is 11.1. The second-order valence-electron chi connectivity index (χ2n) is 2.83. The molecular formula is C8H10N6O. The number of rotatable bonds is 3. The Morgan fingerprint density at radius 3 is 2.93 bits per heavy atom. The topological polar surface area (TPSA) is 117 Å². The van der Waals surface area contributed by atoms with Gasteiger partial charge >= 0.3 is 0 Å². The van der Waals surface area contributed by atoms with Crippen molar-refractivity contribution in [2.24, 2.45) is 11.0 Å². The minimum Gasteiger partial charge on any atom is -0.290 e. The highest BCUT2D eigenvalue weighted by atomic mass is 16.2. The van der Waals surface area contributed by atoms with Crippen LogP contribution >= 0.6 is 0 Å². The molecule has 15 heavy (non-hydrogen) atoms. The molecule has 1 aromatic heterocycles. The summed E-state index contributed by atoms with van der Waals surface area (Å²) in [6, 6.07) is 2.82. The van der Waals surface area contributed by atoms with Crippen molar-refractivity contribution in [2.75, 3.05) is 0 Å². The third kappa shape index (κ3) is 2.67. The zero-order chi connectivity index (χ0) is 11.3. The first-order valence-electron chi connectivity index (χ1n) is 4.20. The molecule has 0 spiro atoms. The standard InChI is InChI=1S/C8H10N6O/c1-5(13-14-10)7-3-2-6(4-11-7)8(15)12-9/h2-5H,9H2,1H3,(H,12,15). The molecule has 0 aromatic carbocycles. The van der Waals surface area contributed by atoms with Gasteiger partial charge in [-0.15, -0.1) is 0 Å². The molecule has 7 nitrogen and oxygen atoms in total. The number of hydrogen-bond acceptors (Lipinski definition) is 4. The van der Waals surface area contributed by atoms with Crippen LogP contribution < -0.4 is 11.3 Å². The third-order valence-electron chi connectivity index (χ3n) is 1.83. The van der Waals surface area contributed by atoms with Gasteiger partial charge in [0.05, 0.1) is 11.6 Å². The lowest BCUT2D eigenvalue weighted by Crippen LogP contribution is -2.30. The predicted molar refractivity (Wildman–Crippen MR) is 53.5 cm³/mol. The summed E-state index contributed by atoms with van der Waals surface area (Å²) in [5, 5.41) is 3.48. The third-order valence-corrected chi connectivity index (χ3v) is 1.83. The van der Waals surface area contributed by atoms with Gasteiger partial charge in [-0.2, -0.15) is 0 Å². The number of nitrogen functional groups attached to an aromatic ring is 1. The van der Waals surface area contributed by atoms with Crippen LogP contribution in [0.3, 0.4) is 0 Å². The molecule has 1 amide bonds. The fraction of sp³-hybridized carbons (Fsp3) is 0.250. The molecule has 0 radical (unpaired) electrons. The van der Waals surface area contributed by atoms with Crippen LogP contribution in [-0.4, -0.2) is 10.9 Å². The van der Waals surface area contributed by atoms with E-state index in [0.717, 1.165) is 0 Å². The van der Waals surface area contributed by atoms with Crippen molar-refractivity contribution in [3.63, 3.8) is 0 Å². The number of nitrogens with two attached hydrogens (primary N) is 1. The lowest BCUT2D eigenvalue weighted by molar-refractivity contribution is 0.0953. The summed E-state index contributed by atoms with van der Waals surface area (Å²) in [4.78, 5) is 17.7. The average Bonchev–Trinajstić information content (AvgIpc) is 2.28. The molecule has 1 atom stereocenters. The van der Waals surface area contributed by atoms with Gasteiger partial charge in [-0.1, -0.05) is 12.0 Å².